The lowest BCUT2D eigenvalue weighted by Crippen LogP contribution is -2.18. The zero-order valence-corrected chi connectivity index (χ0v) is 9.12. The fourth-order valence-electron chi connectivity index (χ4n) is 1.86. The van der Waals surface area contributed by atoms with Crippen LogP contribution >= 0.6 is 11.8 Å². The summed E-state index contributed by atoms with van der Waals surface area (Å²) in [5.74, 6) is -0.386. The predicted octanol–water partition coefficient (Wildman–Crippen LogP) is 2.30. The molecular formula is C11H12O3S. The van der Waals surface area contributed by atoms with Crippen molar-refractivity contribution in [2.45, 2.75) is 17.7 Å². The molecule has 1 aliphatic rings. The van der Waals surface area contributed by atoms with E-state index in [1.54, 1.807) is 30.8 Å². The molecule has 0 radical (unpaired) electrons. The van der Waals surface area contributed by atoms with Crippen LogP contribution in [-0.4, -0.2) is 21.9 Å². The number of phenols is 1. The first-order valence-corrected chi connectivity index (χ1v) is 5.77. The van der Waals surface area contributed by atoms with Crippen LogP contribution in [0.3, 0.4) is 0 Å². The second-order valence-electron chi connectivity index (χ2n) is 3.73. The number of rotatable bonds is 2. The van der Waals surface area contributed by atoms with Gasteiger partial charge in [-0.3, -0.25) is 4.79 Å². The Kier molecular flexibility index (Phi) is 2.61. The van der Waals surface area contributed by atoms with Gasteiger partial charge in [-0.1, -0.05) is 13.0 Å². The molecule has 0 bridgehead atoms. The molecule has 1 aliphatic heterocycles. The van der Waals surface area contributed by atoms with Crippen molar-refractivity contribution >= 4 is 17.7 Å². The van der Waals surface area contributed by atoms with Gasteiger partial charge < -0.3 is 10.2 Å². The predicted molar refractivity (Wildman–Crippen MR) is 58.4 cm³/mol. The van der Waals surface area contributed by atoms with E-state index in [-0.39, 0.29) is 11.7 Å². The second-order valence-corrected chi connectivity index (χ2v) is 4.80. The molecule has 4 heteroatoms. The largest absolute Gasteiger partial charge is 0.508 e. The zero-order valence-electron chi connectivity index (χ0n) is 8.30. The van der Waals surface area contributed by atoms with Crippen molar-refractivity contribution in [2.24, 2.45) is 5.92 Å². The Morgan fingerprint density at radius 3 is 3.00 bits per heavy atom. The molecule has 0 amide bonds. The lowest BCUT2D eigenvalue weighted by Gasteiger charge is -2.16. The Bertz CT molecular complexity index is 403. The van der Waals surface area contributed by atoms with Crippen LogP contribution in [0, 0.1) is 5.92 Å². The topological polar surface area (TPSA) is 57.5 Å². The Hall–Kier alpha value is -1.16. The number of hydrogen-bond donors (Lipinski definition) is 2. The lowest BCUT2D eigenvalue weighted by molar-refractivity contribution is -0.141. The van der Waals surface area contributed by atoms with Gasteiger partial charge in [-0.2, -0.15) is 0 Å². The van der Waals surface area contributed by atoms with Crippen molar-refractivity contribution in [3.63, 3.8) is 0 Å². The highest BCUT2D eigenvalue weighted by atomic mass is 32.2. The molecule has 1 aromatic rings. The standard InChI is InChI=1S/C11H12O3S/c1-6(11(13)14)7-5-15-9-4-2-3-8(12)10(7)9/h2-4,6-7,12H,5H2,1H3,(H,13,14). The highest BCUT2D eigenvalue weighted by molar-refractivity contribution is 7.99. The van der Waals surface area contributed by atoms with E-state index >= 15 is 0 Å². The summed E-state index contributed by atoms with van der Waals surface area (Å²) in [7, 11) is 0. The maximum Gasteiger partial charge on any atom is 0.306 e. The van der Waals surface area contributed by atoms with Gasteiger partial charge >= 0.3 is 5.97 Å². The van der Waals surface area contributed by atoms with Crippen LogP contribution in [0.2, 0.25) is 0 Å². The summed E-state index contributed by atoms with van der Waals surface area (Å²) >= 11 is 1.61. The molecule has 0 saturated heterocycles. The van der Waals surface area contributed by atoms with E-state index in [1.165, 1.54) is 0 Å². The third-order valence-corrected chi connectivity index (χ3v) is 4.02. The summed E-state index contributed by atoms with van der Waals surface area (Å²) in [5, 5.41) is 18.7. The fraction of sp³-hybridized carbons (Fsp3) is 0.364. The molecule has 2 unspecified atom stereocenters. The van der Waals surface area contributed by atoms with Gasteiger partial charge in [-0.25, -0.2) is 0 Å². The number of aromatic hydroxyl groups is 1. The number of hydrogen-bond acceptors (Lipinski definition) is 3. The summed E-state index contributed by atoms with van der Waals surface area (Å²) in [6, 6.07) is 5.33. The van der Waals surface area contributed by atoms with E-state index in [2.05, 4.69) is 0 Å². The Labute approximate surface area is 92.1 Å². The molecule has 0 aliphatic carbocycles. The molecule has 1 heterocycles. The van der Waals surface area contributed by atoms with Gasteiger partial charge in [-0.15, -0.1) is 11.8 Å². The van der Waals surface area contributed by atoms with Gasteiger partial charge in [0.25, 0.3) is 0 Å². The molecular weight excluding hydrogens is 212 g/mol. The van der Waals surface area contributed by atoms with Crippen LogP contribution in [0.1, 0.15) is 18.4 Å². The Balaban J connectivity index is 2.39. The first-order chi connectivity index (χ1) is 7.11. The molecule has 0 aromatic heterocycles. The molecule has 2 rings (SSSR count). The molecule has 0 spiro atoms. The van der Waals surface area contributed by atoms with Crippen molar-refractivity contribution < 1.29 is 15.0 Å². The summed E-state index contributed by atoms with van der Waals surface area (Å²) in [5.41, 5.74) is 0.803. The first-order valence-electron chi connectivity index (χ1n) is 4.78. The van der Waals surface area contributed by atoms with Gasteiger partial charge in [0.2, 0.25) is 0 Å². The summed E-state index contributed by atoms with van der Waals surface area (Å²) in [4.78, 5) is 11.9. The number of phenolic OH excluding ortho intramolecular Hbond substituents is 1. The zero-order chi connectivity index (χ0) is 11.0. The minimum Gasteiger partial charge on any atom is -0.508 e. The molecule has 1 aromatic carbocycles. The third kappa shape index (κ3) is 1.69. The highest BCUT2D eigenvalue weighted by Gasteiger charge is 2.33. The average Bonchev–Trinajstić information content (AvgIpc) is 2.61. The van der Waals surface area contributed by atoms with Crippen LogP contribution < -0.4 is 0 Å². The summed E-state index contributed by atoms with van der Waals surface area (Å²) in [6.45, 7) is 1.69. The van der Waals surface area contributed by atoms with E-state index < -0.39 is 11.9 Å². The molecule has 2 N–H and O–H groups in total. The molecule has 2 atom stereocenters. The third-order valence-electron chi connectivity index (χ3n) is 2.83. The molecule has 80 valence electrons. The number of fused-ring (bicyclic) bond motifs is 1. The van der Waals surface area contributed by atoms with Crippen molar-refractivity contribution in [2.75, 3.05) is 5.75 Å². The van der Waals surface area contributed by atoms with Gasteiger partial charge in [-0.05, 0) is 12.1 Å². The smallest absolute Gasteiger partial charge is 0.306 e. The average molecular weight is 224 g/mol. The number of benzene rings is 1. The first kappa shape index (κ1) is 10.4. The number of carboxylic acid groups (broad SMARTS) is 1. The maximum atomic E-state index is 10.9. The van der Waals surface area contributed by atoms with Crippen LogP contribution in [0.5, 0.6) is 5.75 Å². The van der Waals surface area contributed by atoms with Gasteiger partial charge in [0.05, 0.1) is 5.92 Å². The highest BCUT2D eigenvalue weighted by Crippen LogP contribution is 2.47. The monoisotopic (exact) mass is 224 g/mol. The van der Waals surface area contributed by atoms with Crippen molar-refractivity contribution in [1.82, 2.24) is 0 Å². The molecule has 0 saturated carbocycles. The summed E-state index contributed by atoms with van der Waals surface area (Å²) < 4.78 is 0. The van der Waals surface area contributed by atoms with E-state index in [0.29, 0.717) is 0 Å². The van der Waals surface area contributed by atoms with Gasteiger partial charge in [0.1, 0.15) is 5.75 Å². The van der Waals surface area contributed by atoms with Crippen molar-refractivity contribution in [3.8, 4) is 5.75 Å². The number of carboxylic acids is 1. The molecule has 15 heavy (non-hydrogen) atoms. The lowest BCUT2D eigenvalue weighted by atomic mass is 9.88. The van der Waals surface area contributed by atoms with Crippen molar-refractivity contribution in [3.05, 3.63) is 23.8 Å². The fourth-order valence-corrected chi connectivity index (χ4v) is 3.26. The number of aliphatic carboxylic acids is 1. The van der Waals surface area contributed by atoms with Gasteiger partial charge in [0, 0.05) is 22.1 Å². The van der Waals surface area contributed by atoms with E-state index in [9.17, 15) is 9.90 Å². The van der Waals surface area contributed by atoms with Crippen LogP contribution in [0.25, 0.3) is 0 Å². The van der Waals surface area contributed by atoms with Crippen LogP contribution in [0.4, 0.5) is 0 Å². The molecule has 0 fully saturated rings. The minimum atomic E-state index is -0.809. The second kappa shape index (κ2) is 3.77. The van der Waals surface area contributed by atoms with E-state index in [0.717, 1.165) is 16.2 Å². The Morgan fingerprint density at radius 2 is 2.33 bits per heavy atom. The minimum absolute atomic E-state index is 0.0799. The van der Waals surface area contributed by atoms with Gasteiger partial charge in [0.15, 0.2) is 0 Å². The maximum absolute atomic E-state index is 10.9. The van der Waals surface area contributed by atoms with Crippen LogP contribution in [-0.2, 0) is 4.79 Å². The SMILES string of the molecule is CC(C(=O)O)C1CSc2cccc(O)c21. The van der Waals surface area contributed by atoms with E-state index in [1.807, 2.05) is 6.07 Å². The van der Waals surface area contributed by atoms with Crippen molar-refractivity contribution in [1.29, 1.82) is 0 Å². The number of carbonyl (C=O) groups is 1. The molecule has 3 nitrogen and oxygen atoms in total. The van der Waals surface area contributed by atoms with Crippen LogP contribution in [0.15, 0.2) is 23.1 Å². The summed E-state index contributed by atoms with van der Waals surface area (Å²) in [6.07, 6.45) is 0. The Morgan fingerprint density at radius 1 is 1.60 bits per heavy atom. The van der Waals surface area contributed by atoms with E-state index in [4.69, 9.17) is 5.11 Å². The quantitative estimate of drug-likeness (QED) is 0.809. The number of thioether (sulfide) groups is 1. The normalized spacial score (nSPS) is 21.0.